The third-order valence-corrected chi connectivity index (χ3v) is 6.30. The van der Waals surface area contributed by atoms with E-state index in [2.05, 4.69) is 18.3 Å². The van der Waals surface area contributed by atoms with Gasteiger partial charge in [0, 0.05) is 11.0 Å². The van der Waals surface area contributed by atoms with Crippen LogP contribution in [0.2, 0.25) is 0 Å². The van der Waals surface area contributed by atoms with Crippen molar-refractivity contribution in [1.82, 2.24) is 0 Å². The van der Waals surface area contributed by atoms with Crippen molar-refractivity contribution in [1.29, 1.82) is 5.26 Å². The molecule has 1 N–H and O–H groups in total. The number of ether oxygens (including phenoxy) is 2. The molecule has 1 aliphatic carbocycles. The average molecular weight is 397 g/mol. The molecular formula is C22H24N2O3S. The second-order valence-corrected chi connectivity index (χ2v) is 7.88. The Kier molecular flexibility index (Phi) is 6.37. The van der Waals surface area contributed by atoms with E-state index >= 15 is 0 Å². The Bertz CT molecular complexity index is 940. The van der Waals surface area contributed by atoms with E-state index in [4.69, 9.17) is 9.47 Å². The van der Waals surface area contributed by atoms with E-state index in [-0.39, 0.29) is 5.91 Å². The number of nitrogens with one attached hydrogen (secondary N) is 1. The molecule has 0 spiro atoms. The maximum atomic E-state index is 12.4. The molecule has 1 aliphatic rings. The zero-order chi connectivity index (χ0) is 20.1. The van der Waals surface area contributed by atoms with Crippen LogP contribution < -0.4 is 14.8 Å². The summed E-state index contributed by atoms with van der Waals surface area (Å²) >= 11 is 1.54. The summed E-state index contributed by atoms with van der Waals surface area (Å²) in [6.07, 6.45) is 7.36. The molecule has 2 aromatic rings. The molecule has 0 saturated heterocycles. The summed E-state index contributed by atoms with van der Waals surface area (Å²) in [6.45, 7) is 2.20. The summed E-state index contributed by atoms with van der Waals surface area (Å²) in [5, 5.41) is 13.1. The van der Waals surface area contributed by atoms with Crippen molar-refractivity contribution in [2.45, 2.75) is 32.6 Å². The predicted octanol–water partition coefficient (Wildman–Crippen LogP) is 4.80. The number of hydrogen-bond acceptors (Lipinski definition) is 5. The maximum Gasteiger partial charge on any atom is 0.249 e. The molecule has 0 fully saturated rings. The van der Waals surface area contributed by atoms with Gasteiger partial charge in [-0.15, -0.1) is 11.3 Å². The molecule has 1 atom stereocenters. The number of anilines is 1. The van der Waals surface area contributed by atoms with Crippen LogP contribution in [-0.4, -0.2) is 20.1 Å². The van der Waals surface area contributed by atoms with Gasteiger partial charge in [-0.25, -0.2) is 0 Å². The van der Waals surface area contributed by atoms with Crippen LogP contribution in [0.25, 0.3) is 6.08 Å². The van der Waals surface area contributed by atoms with Gasteiger partial charge in [-0.3, -0.25) is 4.79 Å². The Labute approximate surface area is 169 Å². The molecule has 0 radical (unpaired) electrons. The third kappa shape index (κ3) is 4.20. The Balaban J connectivity index is 1.74. The van der Waals surface area contributed by atoms with Crippen molar-refractivity contribution in [2.75, 3.05) is 19.5 Å². The number of carbonyl (C=O) groups excluding carboxylic acids is 1. The number of benzene rings is 1. The van der Waals surface area contributed by atoms with E-state index in [9.17, 15) is 10.1 Å². The lowest BCUT2D eigenvalue weighted by Crippen LogP contribution is -2.12. The van der Waals surface area contributed by atoms with Crippen molar-refractivity contribution < 1.29 is 14.3 Å². The zero-order valence-corrected chi connectivity index (χ0v) is 17.2. The lowest BCUT2D eigenvalue weighted by Gasteiger charge is -2.20. The first-order valence-electron chi connectivity index (χ1n) is 9.35. The van der Waals surface area contributed by atoms with E-state index in [0.29, 0.717) is 28.0 Å². The van der Waals surface area contributed by atoms with Crippen LogP contribution in [0.4, 0.5) is 5.00 Å². The standard InChI is InChI=1S/C22H24N2O3S/c1-4-14-5-8-16-17(13-23)22(28-20(16)12-14)24-21(25)10-7-15-6-9-18(26-2)19(11-15)27-3/h6-7,9-11,14H,4-5,8,12H2,1-3H3,(H,24,25)/b10-7+. The van der Waals surface area contributed by atoms with Crippen LogP contribution in [0.3, 0.4) is 0 Å². The van der Waals surface area contributed by atoms with Gasteiger partial charge in [0.05, 0.1) is 19.8 Å². The Morgan fingerprint density at radius 1 is 1.36 bits per heavy atom. The summed E-state index contributed by atoms with van der Waals surface area (Å²) in [5.74, 6) is 1.66. The first-order chi connectivity index (χ1) is 13.6. The van der Waals surface area contributed by atoms with Crippen LogP contribution in [0.15, 0.2) is 24.3 Å². The molecule has 1 heterocycles. The van der Waals surface area contributed by atoms with Gasteiger partial charge in [0.2, 0.25) is 5.91 Å². The van der Waals surface area contributed by atoms with Crippen molar-refractivity contribution in [3.63, 3.8) is 0 Å². The summed E-state index contributed by atoms with van der Waals surface area (Å²) < 4.78 is 10.5. The summed E-state index contributed by atoms with van der Waals surface area (Å²) in [5.41, 5.74) is 2.57. The quantitative estimate of drug-likeness (QED) is 0.712. The van der Waals surface area contributed by atoms with Crippen molar-refractivity contribution in [3.05, 3.63) is 45.8 Å². The minimum absolute atomic E-state index is 0.253. The predicted molar refractivity (Wildman–Crippen MR) is 112 cm³/mol. The second kappa shape index (κ2) is 8.94. The third-order valence-electron chi connectivity index (χ3n) is 5.13. The van der Waals surface area contributed by atoms with Crippen LogP contribution >= 0.6 is 11.3 Å². The number of thiophene rings is 1. The molecule has 1 aromatic heterocycles. The smallest absolute Gasteiger partial charge is 0.249 e. The molecule has 1 aromatic carbocycles. The number of nitriles is 1. The summed E-state index contributed by atoms with van der Waals surface area (Å²) in [7, 11) is 3.15. The topological polar surface area (TPSA) is 71.3 Å². The second-order valence-electron chi connectivity index (χ2n) is 6.77. The fraction of sp³-hybridized carbons (Fsp3) is 0.364. The Morgan fingerprint density at radius 2 is 2.14 bits per heavy atom. The SMILES string of the molecule is CCC1CCc2c(sc(NC(=O)/C=C/c3ccc(OC)c(OC)c3)c2C#N)C1. The highest BCUT2D eigenvalue weighted by molar-refractivity contribution is 7.16. The van der Waals surface area contributed by atoms with Gasteiger partial charge < -0.3 is 14.8 Å². The number of rotatable bonds is 6. The van der Waals surface area contributed by atoms with Crippen LogP contribution in [0.1, 0.15) is 41.3 Å². The molecule has 0 saturated carbocycles. The molecule has 5 nitrogen and oxygen atoms in total. The Morgan fingerprint density at radius 3 is 2.82 bits per heavy atom. The number of fused-ring (bicyclic) bond motifs is 1. The largest absolute Gasteiger partial charge is 0.493 e. The van der Waals surface area contributed by atoms with Gasteiger partial charge in [0.1, 0.15) is 11.1 Å². The normalized spacial score (nSPS) is 15.7. The Hall–Kier alpha value is -2.78. The number of hydrogen-bond donors (Lipinski definition) is 1. The van der Waals surface area contributed by atoms with E-state index < -0.39 is 0 Å². The molecule has 0 bridgehead atoms. The van der Waals surface area contributed by atoms with Gasteiger partial charge in [0.25, 0.3) is 0 Å². The van der Waals surface area contributed by atoms with Crippen LogP contribution in [0, 0.1) is 17.2 Å². The van der Waals surface area contributed by atoms with Crippen molar-refractivity contribution in [2.24, 2.45) is 5.92 Å². The molecule has 1 unspecified atom stereocenters. The molecular weight excluding hydrogens is 372 g/mol. The molecule has 146 valence electrons. The van der Waals surface area contributed by atoms with E-state index in [0.717, 1.165) is 36.8 Å². The minimum atomic E-state index is -0.253. The first kappa shape index (κ1) is 20.0. The lowest BCUT2D eigenvalue weighted by atomic mass is 9.86. The highest BCUT2D eigenvalue weighted by Crippen LogP contribution is 2.40. The van der Waals surface area contributed by atoms with Crippen molar-refractivity contribution >= 4 is 28.3 Å². The minimum Gasteiger partial charge on any atom is -0.493 e. The monoisotopic (exact) mass is 396 g/mol. The number of methoxy groups -OCH3 is 2. The fourth-order valence-electron chi connectivity index (χ4n) is 3.49. The zero-order valence-electron chi connectivity index (χ0n) is 16.4. The highest BCUT2D eigenvalue weighted by atomic mass is 32.1. The molecule has 28 heavy (non-hydrogen) atoms. The van der Waals surface area contributed by atoms with E-state index in [1.165, 1.54) is 11.0 Å². The van der Waals surface area contributed by atoms with Gasteiger partial charge in [-0.2, -0.15) is 5.26 Å². The van der Waals surface area contributed by atoms with Gasteiger partial charge >= 0.3 is 0 Å². The number of carbonyl (C=O) groups is 1. The first-order valence-corrected chi connectivity index (χ1v) is 10.2. The molecule has 6 heteroatoms. The molecule has 0 aliphatic heterocycles. The van der Waals surface area contributed by atoms with Crippen LogP contribution in [0.5, 0.6) is 11.5 Å². The van der Waals surface area contributed by atoms with Gasteiger partial charge in [-0.05, 0) is 54.5 Å². The van der Waals surface area contributed by atoms with Gasteiger partial charge in [-0.1, -0.05) is 19.4 Å². The average Bonchev–Trinajstić information content (AvgIpc) is 3.07. The highest BCUT2D eigenvalue weighted by Gasteiger charge is 2.25. The summed E-state index contributed by atoms with van der Waals surface area (Å²) in [6, 6.07) is 7.73. The van der Waals surface area contributed by atoms with E-state index in [1.54, 1.807) is 43.8 Å². The fourth-order valence-corrected chi connectivity index (χ4v) is 4.81. The maximum absolute atomic E-state index is 12.4. The number of nitrogens with zero attached hydrogens (tertiary/aromatic N) is 1. The molecule has 1 amide bonds. The summed E-state index contributed by atoms with van der Waals surface area (Å²) in [4.78, 5) is 13.7. The van der Waals surface area contributed by atoms with Gasteiger partial charge in [0.15, 0.2) is 11.5 Å². The van der Waals surface area contributed by atoms with Crippen molar-refractivity contribution in [3.8, 4) is 17.6 Å². The van der Waals surface area contributed by atoms with Crippen LogP contribution in [-0.2, 0) is 17.6 Å². The molecule has 3 rings (SSSR count). The number of amides is 1. The van der Waals surface area contributed by atoms with E-state index in [1.807, 2.05) is 6.07 Å². The lowest BCUT2D eigenvalue weighted by molar-refractivity contribution is -0.111.